The Kier molecular flexibility index (Phi) is 430. The molecule has 0 aromatic heterocycles. The van der Waals surface area contributed by atoms with Gasteiger partial charge in [0.25, 0.3) is 0 Å². The molecule has 0 amide bonds. The van der Waals surface area contributed by atoms with Crippen LogP contribution in [0.25, 0.3) is 0 Å². The molecule has 0 saturated heterocycles. The molecule has 0 aromatic carbocycles. The van der Waals surface area contributed by atoms with Gasteiger partial charge in [0.05, 0.1) is 0 Å². The van der Waals surface area contributed by atoms with Gasteiger partial charge in [-0.05, 0) is 0 Å². The van der Waals surface area contributed by atoms with Crippen molar-refractivity contribution < 1.29 is 50.3 Å². The third-order valence-electron chi connectivity index (χ3n) is 0. The maximum Gasteiger partial charge on any atom is 0 e. The van der Waals surface area contributed by atoms with Crippen LogP contribution in [-0.2, 0) is 50.3 Å². The first kappa shape index (κ1) is 63.5. The molecule has 0 rings (SSSR count). The first-order valence-electron chi connectivity index (χ1n) is 0. The number of hydrogen-bond acceptors (Lipinski definition) is 0. The predicted molar refractivity (Wildman–Crippen MR) is 32.8 cm³/mol. The van der Waals surface area contributed by atoms with Crippen LogP contribution in [0.15, 0.2) is 0 Å². The van der Waals surface area contributed by atoms with Crippen LogP contribution in [0.2, 0.25) is 0 Å². The summed E-state index contributed by atoms with van der Waals surface area (Å²) in [5, 5.41) is 0. The Morgan fingerprint density at radius 3 is 1.00 bits per heavy atom. The Morgan fingerprint density at radius 2 is 1.00 bits per heavy atom. The van der Waals surface area contributed by atoms with Crippen LogP contribution in [0.4, 0.5) is 0 Å². The van der Waals surface area contributed by atoms with Crippen LogP contribution in [0.3, 0.4) is 0 Å². The fourth-order valence-electron chi connectivity index (χ4n) is 0. The summed E-state index contributed by atoms with van der Waals surface area (Å²) in [6, 6.07) is 0. The topological polar surface area (TPSA) is 0 Å². The van der Waals surface area contributed by atoms with Crippen molar-refractivity contribution in [1.82, 2.24) is 0 Å². The molecule has 0 spiro atoms. The summed E-state index contributed by atoms with van der Waals surface area (Å²) in [4.78, 5) is 0. The normalized spacial score (nSPS) is 0. The largest absolute Gasteiger partial charge is 0 e. The second-order valence-corrected chi connectivity index (χ2v) is 0. The SMILES string of the molecule is [AlH3].[Co].[LiH].[MgH2].[Mn].[NaH].[Ni]. The molecule has 40 valence electrons. The van der Waals surface area contributed by atoms with Crippen molar-refractivity contribution in [3.05, 3.63) is 0 Å². The molecule has 0 N–H and O–H groups in total. The molecule has 2 radical (unpaired) electrons. The zero-order valence-electron chi connectivity index (χ0n) is 1.03. The third-order valence-corrected chi connectivity index (χ3v) is 0. The molecule has 0 saturated carbocycles. The van der Waals surface area contributed by atoms with Gasteiger partial charge in [-0.3, -0.25) is 0 Å². The summed E-state index contributed by atoms with van der Waals surface area (Å²) in [5.41, 5.74) is 0. The molecular weight excluding hydrogens is 254 g/mol. The molecule has 0 aliphatic rings. The summed E-state index contributed by atoms with van der Waals surface area (Å²) >= 11 is 0. The van der Waals surface area contributed by atoms with E-state index in [0.29, 0.717) is 0 Å². The van der Waals surface area contributed by atoms with Gasteiger partial charge in [0.15, 0.2) is 17.4 Å². The molecule has 0 aliphatic heterocycles. The van der Waals surface area contributed by atoms with E-state index in [2.05, 4.69) is 0 Å². The monoisotopic (exact) mass is 260 g/mol. The second kappa shape index (κ2) is 47.4. The summed E-state index contributed by atoms with van der Waals surface area (Å²) in [6.07, 6.45) is 0. The standard InChI is InChI=1S/Al.Co.Li.Mg.Mn.Na.Ni.7H. The smallest absolute Gasteiger partial charge is 0 e. The Hall–Kier alpha value is 4.42. The Bertz CT molecular complexity index is 19.7. The molecular formula is H7AlCoLiMgMnNaNi. The van der Waals surface area contributed by atoms with E-state index in [0.717, 1.165) is 0 Å². The summed E-state index contributed by atoms with van der Waals surface area (Å²) < 4.78 is 0. The molecule has 0 nitrogen and oxygen atoms in total. The van der Waals surface area contributed by atoms with Gasteiger partial charge in [0.1, 0.15) is 0 Å². The minimum absolute atomic E-state index is 0. The van der Waals surface area contributed by atoms with E-state index >= 15 is 0 Å². The van der Waals surface area contributed by atoms with Gasteiger partial charge < -0.3 is 0 Å². The van der Waals surface area contributed by atoms with Gasteiger partial charge >= 0.3 is 71.5 Å². The van der Waals surface area contributed by atoms with Crippen LogP contribution in [0.5, 0.6) is 0 Å². The zero-order chi connectivity index (χ0) is 0. The van der Waals surface area contributed by atoms with Gasteiger partial charge in [-0.1, -0.05) is 0 Å². The second-order valence-electron chi connectivity index (χ2n) is 0. The fourth-order valence-corrected chi connectivity index (χ4v) is 0. The van der Waals surface area contributed by atoms with E-state index in [1.807, 2.05) is 0 Å². The van der Waals surface area contributed by atoms with Crippen molar-refractivity contribution in [3.8, 4) is 0 Å². The molecule has 7 heavy (non-hydrogen) atoms. The minimum atomic E-state index is 0. The molecule has 0 atom stereocenters. The van der Waals surface area contributed by atoms with Crippen molar-refractivity contribution in [2.45, 2.75) is 0 Å². The Balaban J connectivity index is 0. The number of hydrogen-bond donors (Lipinski definition) is 0. The quantitative estimate of drug-likeness (QED) is 0.399. The summed E-state index contributed by atoms with van der Waals surface area (Å²) in [7, 11) is 0. The van der Waals surface area contributed by atoms with Crippen LogP contribution < -0.4 is 0 Å². The van der Waals surface area contributed by atoms with E-state index in [9.17, 15) is 0 Å². The van der Waals surface area contributed by atoms with Gasteiger partial charge in [-0.25, -0.2) is 0 Å². The van der Waals surface area contributed by atoms with Gasteiger partial charge in [0.2, 0.25) is 0 Å². The van der Waals surface area contributed by atoms with Crippen molar-refractivity contribution in [3.63, 3.8) is 0 Å². The maximum atomic E-state index is 0. The van der Waals surface area contributed by atoms with E-state index in [4.69, 9.17) is 0 Å². The van der Waals surface area contributed by atoms with E-state index in [1.54, 1.807) is 0 Å². The molecule has 7 heteroatoms. The van der Waals surface area contributed by atoms with Crippen molar-refractivity contribution in [2.24, 2.45) is 0 Å². The first-order chi connectivity index (χ1) is 0. The maximum absolute atomic E-state index is 0. The predicted octanol–water partition coefficient (Wildman–Crippen LogP) is -3.40. The van der Waals surface area contributed by atoms with Crippen molar-refractivity contribution >= 4 is 88.8 Å². The van der Waals surface area contributed by atoms with Gasteiger partial charge in [-0.15, -0.1) is 0 Å². The molecule has 0 aromatic rings. The number of rotatable bonds is 0. The third kappa shape index (κ3) is 37.8. The van der Waals surface area contributed by atoms with Crippen molar-refractivity contribution in [1.29, 1.82) is 0 Å². The van der Waals surface area contributed by atoms with Gasteiger partial charge in [0, 0.05) is 50.3 Å². The van der Waals surface area contributed by atoms with Crippen molar-refractivity contribution in [2.75, 3.05) is 0 Å². The van der Waals surface area contributed by atoms with Crippen LogP contribution >= 0.6 is 0 Å². The fraction of sp³-hybridized carbons (Fsp3) is 0. The summed E-state index contributed by atoms with van der Waals surface area (Å²) in [6.45, 7) is 0. The van der Waals surface area contributed by atoms with E-state index in [-0.39, 0.29) is 139 Å². The average molecular weight is 261 g/mol. The molecule has 0 aliphatic carbocycles. The minimum Gasteiger partial charge on any atom is 0 e. The van der Waals surface area contributed by atoms with E-state index in [1.165, 1.54) is 0 Å². The van der Waals surface area contributed by atoms with Gasteiger partial charge in [-0.2, -0.15) is 0 Å². The molecule has 0 bridgehead atoms. The zero-order valence-corrected chi connectivity index (χ0v) is 4.24. The first-order valence-corrected chi connectivity index (χ1v) is 0. The molecule has 0 fully saturated rings. The summed E-state index contributed by atoms with van der Waals surface area (Å²) in [5.74, 6) is 0. The molecule has 0 unspecified atom stereocenters. The van der Waals surface area contributed by atoms with E-state index < -0.39 is 0 Å². The average Bonchev–Trinajstić information content (AvgIpc) is 0. The molecule has 0 heterocycles. The van der Waals surface area contributed by atoms with Crippen LogP contribution in [-0.4, -0.2) is 88.8 Å². The Morgan fingerprint density at radius 1 is 1.00 bits per heavy atom. The van der Waals surface area contributed by atoms with Crippen LogP contribution in [0.1, 0.15) is 0 Å². The Labute approximate surface area is 136 Å². The van der Waals surface area contributed by atoms with Crippen LogP contribution in [0, 0.1) is 0 Å².